The van der Waals surface area contributed by atoms with Crippen LogP contribution in [0.25, 0.3) is 0 Å². The van der Waals surface area contributed by atoms with Crippen LogP contribution < -0.4 is 0 Å². The third kappa shape index (κ3) is 4.25. The maximum absolute atomic E-state index is 11.6. The molecule has 24 heavy (non-hydrogen) atoms. The first-order chi connectivity index (χ1) is 11.3. The zero-order valence-electron chi connectivity index (χ0n) is 14.5. The van der Waals surface area contributed by atoms with E-state index in [0.29, 0.717) is 30.1 Å². The van der Waals surface area contributed by atoms with Crippen molar-refractivity contribution in [3.63, 3.8) is 0 Å². The highest BCUT2D eigenvalue weighted by Crippen LogP contribution is 2.41. The van der Waals surface area contributed by atoms with Crippen LogP contribution in [0.15, 0.2) is 47.6 Å². The lowest BCUT2D eigenvalue weighted by Crippen LogP contribution is -2.26. The predicted octanol–water partition coefficient (Wildman–Crippen LogP) is 4.20. The third-order valence-electron chi connectivity index (χ3n) is 5.44. The molecule has 0 radical (unpaired) electrons. The van der Waals surface area contributed by atoms with Crippen LogP contribution in [0, 0.1) is 11.3 Å². The Bertz CT molecular complexity index is 624. The van der Waals surface area contributed by atoms with Crippen molar-refractivity contribution in [2.24, 2.45) is 11.3 Å². The van der Waals surface area contributed by atoms with Crippen LogP contribution in [0.4, 0.5) is 0 Å². The van der Waals surface area contributed by atoms with E-state index in [1.807, 2.05) is 18.2 Å². The van der Waals surface area contributed by atoms with E-state index in [2.05, 4.69) is 20.4 Å². The van der Waals surface area contributed by atoms with Crippen molar-refractivity contribution in [2.45, 2.75) is 46.0 Å². The van der Waals surface area contributed by atoms with Gasteiger partial charge in [0.05, 0.1) is 5.57 Å². The summed E-state index contributed by atoms with van der Waals surface area (Å²) in [4.78, 5) is 22.9. The molecular formula is C20H26O4. The molecule has 0 aromatic carbocycles. The van der Waals surface area contributed by atoms with E-state index in [-0.39, 0.29) is 11.4 Å². The SMILES string of the molecule is C=C1CCC(C)C(C)(CCC2=CCOC2=O)CC=CC=C1C(=O)O. The fourth-order valence-electron chi connectivity index (χ4n) is 3.28. The number of hydrogen-bond donors (Lipinski definition) is 1. The number of allylic oxidation sites excluding steroid dienone is 3. The molecule has 0 bridgehead atoms. The predicted molar refractivity (Wildman–Crippen MR) is 93.4 cm³/mol. The topological polar surface area (TPSA) is 63.6 Å². The first kappa shape index (κ1) is 18.2. The molecule has 2 rings (SSSR count). The average Bonchev–Trinajstić information content (AvgIpc) is 2.94. The summed E-state index contributed by atoms with van der Waals surface area (Å²) >= 11 is 0. The number of hydrogen-bond acceptors (Lipinski definition) is 3. The molecule has 0 aromatic rings. The second-order valence-electron chi connectivity index (χ2n) is 7.04. The van der Waals surface area contributed by atoms with E-state index in [0.717, 1.165) is 31.3 Å². The van der Waals surface area contributed by atoms with E-state index >= 15 is 0 Å². The van der Waals surface area contributed by atoms with Crippen molar-refractivity contribution in [3.8, 4) is 0 Å². The van der Waals surface area contributed by atoms with Crippen molar-refractivity contribution in [3.05, 3.63) is 47.6 Å². The quantitative estimate of drug-likeness (QED) is 0.785. The second-order valence-corrected chi connectivity index (χ2v) is 7.04. The number of carbonyl (C=O) groups excluding carboxylic acids is 1. The fraction of sp³-hybridized carbons (Fsp3) is 0.500. The Morgan fingerprint density at radius 1 is 1.50 bits per heavy atom. The molecule has 0 amide bonds. The molecule has 1 N–H and O–H groups in total. The van der Waals surface area contributed by atoms with Crippen LogP contribution in [0.1, 0.15) is 46.0 Å². The summed E-state index contributed by atoms with van der Waals surface area (Å²) in [6, 6.07) is 0. The minimum absolute atomic E-state index is 0.0507. The van der Waals surface area contributed by atoms with Crippen LogP contribution in [-0.2, 0) is 14.3 Å². The van der Waals surface area contributed by atoms with Gasteiger partial charge in [-0.3, -0.25) is 0 Å². The van der Waals surface area contributed by atoms with Gasteiger partial charge in [-0.2, -0.15) is 0 Å². The molecule has 0 aromatic heterocycles. The largest absolute Gasteiger partial charge is 0.478 e. The lowest BCUT2D eigenvalue weighted by molar-refractivity contribution is -0.136. The van der Waals surface area contributed by atoms with Gasteiger partial charge in [0.25, 0.3) is 0 Å². The Labute approximate surface area is 143 Å². The Morgan fingerprint density at radius 3 is 2.88 bits per heavy atom. The second kappa shape index (κ2) is 7.65. The Balaban J connectivity index is 2.13. The Morgan fingerprint density at radius 2 is 2.25 bits per heavy atom. The van der Waals surface area contributed by atoms with Crippen molar-refractivity contribution >= 4 is 11.9 Å². The molecule has 0 fully saturated rings. The number of carboxylic acids is 1. The zero-order valence-corrected chi connectivity index (χ0v) is 14.5. The summed E-state index contributed by atoms with van der Waals surface area (Å²) in [5.74, 6) is -0.721. The fourth-order valence-corrected chi connectivity index (χ4v) is 3.28. The van der Waals surface area contributed by atoms with E-state index in [9.17, 15) is 14.7 Å². The monoisotopic (exact) mass is 330 g/mol. The van der Waals surface area contributed by atoms with Crippen molar-refractivity contribution in [1.29, 1.82) is 0 Å². The van der Waals surface area contributed by atoms with E-state index in [1.54, 1.807) is 6.08 Å². The van der Waals surface area contributed by atoms with E-state index in [4.69, 9.17) is 4.74 Å². The first-order valence-corrected chi connectivity index (χ1v) is 8.48. The van der Waals surface area contributed by atoms with Gasteiger partial charge in [0.1, 0.15) is 6.61 Å². The summed E-state index contributed by atoms with van der Waals surface area (Å²) in [5, 5.41) is 9.27. The highest BCUT2D eigenvalue weighted by molar-refractivity contribution is 5.92. The first-order valence-electron chi connectivity index (χ1n) is 8.48. The molecule has 2 aliphatic rings. The Hall–Kier alpha value is -2.10. The molecule has 0 saturated heterocycles. The van der Waals surface area contributed by atoms with Gasteiger partial charge in [-0.15, -0.1) is 0 Å². The summed E-state index contributed by atoms with van der Waals surface area (Å²) in [5.41, 5.74) is 1.79. The molecule has 1 heterocycles. The van der Waals surface area contributed by atoms with Crippen LogP contribution >= 0.6 is 0 Å². The van der Waals surface area contributed by atoms with Gasteiger partial charge in [-0.25, -0.2) is 9.59 Å². The van der Waals surface area contributed by atoms with E-state index < -0.39 is 5.97 Å². The standard InChI is InChI=1S/C20H26O4/c1-14-7-8-15(2)20(3,11-5-4-6-17(14)18(21)22)12-9-16-10-13-24-19(16)23/h4-6,10,15H,1,7-9,11-13H2,2-3H3,(H,21,22). The van der Waals surface area contributed by atoms with Crippen LogP contribution in [0.2, 0.25) is 0 Å². The van der Waals surface area contributed by atoms with Gasteiger partial charge in [-0.05, 0) is 61.2 Å². The molecule has 2 atom stereocenters. The van der Waals surface area contributed by atoms with Gasteiger partial charge in [0.15, 0.2) is 0 Å². The van der Waals surface area contributed by atoms with Gasteiger partial charge in [-0.1, -0.05) is 32.6 Å². The smallest absolute Gasteiger partial charge is 0.335 e. The molecule has 0 saturated carbocycles. The molecule has 0 spiro atoms. The number of cyclic esters (lactones) is 1. The van der Waals surface area contributed by atoms with Crippen molar-refractivity contribution < 1.29 is 19.4 Å². The third-order valence-corrected chi connectivity index (χ3v) is 5.44. The Kier molecular flexibility index (Phi) is 5.81. The van der Waals surface area contributed by atoms with Crippen molar-refractivity contribution in [1.82, 2.24) is 0 Å². The van der Waals surface area contributed by atoms with Gasteiger partial charge < -0.3 is 9.84 Å². The zero-order chi connectivity index (χ0) is 17.7. The number of esters is 1. The number of rotatable bonds is 4. The van der Waals surface area contributed by atoms with Gasteiger partial charge >= 0.3 is 11.9 Å². The van der Waals surface area contributed by atoms with Crippen molar-refractivity contribution in [2.75, 3.05) is 6.61 Å². The van der Waals surface area contributed by atoms with Crippen LogP contribution in [0.3, 0.4) is 0 Å². The number of ether oxygens (including phenoxy) is 1. The molecule has 130 valence electrons. The summed E-state index contributed by atoms with van der Waals surface area (Å²) < 4.78 is 4.97. The van der Waals surface area contributed by atoms with Crippen LogP contribution in [-0.4, -0.2) is 23.7 Å². The lowest BCUT2D eigenvalue weighted by atomic mass is 9.69. The number of aliphatic carboxylic acids is 1. The average molecular weight is 330 g/mol. The van der Waals surface area contributed by atoms with Crippen LogP contribution in [0.5, 0.6) is 0 Å². The molecular weight excluding hydrogens is 304 g/mol. The maximum atomic E-state index is 11.6. The lowest BCUT2D eigenvalue weighted by Gasteiger charge is -2.36. The number of carbonyl (C=O) groups is 2. The molecule has 1 aliphatic carbocycles. The minimum atomic E-state index is -0.924. The van der Waals surface area contributed by atoms with E-state index in [1.165, 1.54) is 0 Å². The highest BCUT2D eigenvalue weighted by atomic mass is 16.5. The molecule has 4 heteroatoms. The number of carboxylic acid groups (broad SMARTS) is 1. The minimum Gasteiger partial charge on any atom is -0.478 e. The van der Waals surface area contributed by atoms with Gasteiger partial charge in [0.2, 0.25) is 0 Å². The normalized spacial score (nSPS) is 28.2. The summed E-state index contributed by atoms with van der Waals surface area (Å²) in [6.07, 6.45) is 11.4. The van der Waals surface area contributed by atoms with Gasteiger partial charge in [0, 0.05) is 5.57 Å². The maximum Gasteiger partial charge on any atom is 0.335 e. The summed E-state index contributed by atoms with van der Waals surface area (Å²) in [6.45, 7) is 8.78. The summed E-state index contributed by atoms with van der Waals surface area (Å²) in [7, 11) is 0. The molecule has 4 nitrogen and oxygen atoms in total. The highest BCUT2D eigenvalue weighted by Gasteiger charge is 2.31. The molecule has 1 aliphatic heterocycles. The molecule has 2 unspecified atom stereocenters.